The average Bonchev–Trinajstić information content (AvgIpc) is 3.29. The number of hydrogen-bond acceptors (Lipinski definition) is 6. The normalized spacial score (nSPS) is 16.7. The van der Waals surface area contributed by atoms with Crippen molar-refractivity contribution in [2.24, 2.45) is 0 Å². The van der Waals surface area contributed by atoms with Gasteiger partial charge in [-0.2, -0.15) is 0 Å². The van der Waals surface area contributed by atoms with Crippen molar-refractivity contribution < 1.29 is 14.5 Å². The summed E-state index contributed by atoms with van der Waals surface area (Å²) in [5.41, 5.74) is 0.394. The van der Waals surface area contributed by atoms with Crippen LogP contribution in [0.25, 0.3) is 0 Å². The Kier molecular flexibility index (Phi) is 5.18. The monoisotopic (exact) mass is 361 g/mol. The van der Waals surface area contributed by atoms with Crippen LogP contribution < -0.4 is 10.1 Å². The zero-order valence-corrected chi connectivity index (χ0v) is 14.6. The maximum atomic E-state index is 12.6. The highest BCUT2D eigenvalue weighted by Crippen LogP contribution is 2.35. The Morgan fingerprint density at radius 3 is 3.00 bits per heavy atom. The third kappa shape index (κ3) is 3.74. The molecule has 1 N–H and O–H groups in total. The van der Waals surface area contributed by atoms with Gasteiger partial charge in [-0.3, -0.25) is 14.9 Å². The number of likely N-dealkylation sites (tertiary alicyclic amines) is 1. The Morgan fingerprint density at radius 2 is 2.32 bits per heavy atom. The molecule has 7 nitrogen and oxygen atoms in total. The summed E-state index contributed by atoms with van der Waals surface area (Å²) < 4.78 is 5.21. The van der Waals surface area contributed by atoms with E-state index < -0.39 is 4.92 Å². The second-order valence-corrected chi connectivity index (χ2v) is 6.74. The molecule has 2 aromatic rings. The lowest BCUT2D eigenvalue weighted by molar-refractivity contribution is -0.384. The van der Waals surface area contributed by atoms with Crippen LogP contribution in [0.5, 0.6) is 5.75 Å². The largest absolute Gasteiger partial charge is 0.495 e. The summed E-state index contributed by atoms with van der Waals surface area (Å²) in [5.74, 6) is 0.444. The maximum Gasteiger partial charge on any atom is 0.271 e. The highest BCUT2D eigenvalue weighted by Gasteiger charge is 2.30. The molecule has 0 spiro atoms. The number of anilines is 1. The number of thiophene rings is 1. The van der Waals surface area contributed by atoms with Gasteiger partial charge in [-0.1, -0.05) is 6.07 Å². The number of non-ortho nitro benzene ring substituents is 1. The molecule has 132 valence electrons. The fraction of sp³-hybridized carbons (Fsp3) is 0.353. The quantitative estimate of drug-likeness (QED) is 0.629. The molecular weight excluding hydrogens is 342 g/mol. The molecule has 1 aliphatic rings. The molecule has 3 rings (SSSR count). The molecule has 1 aromatic carbocycles. The van der Waals surface area contributed by atoms with Crippen molar-refractivity contribution in [2.45, 2.75) is 18.9 Å². The second-order valence-electron chi connectivity index (χ2n) is 5.76. The number of nitrogens with zero attached hydrogens (tertiary/aromatic N) is 2. The van der Waals surface area contributed by atoms with Gasteiger partial charge in [-0.15, -0.1) is 11.3 Å². The molecule has 0 aliphatic carbocycles. The molecule has 8 heteroatoms. The lowest BCUT2D eigenvalue weighted by atomic mass is 10.2. The van der Waals surface area contributed by atoms with Crippen LogP contribution in [0.15, 0.2) is 35.7 Å². The van der Waals surface area contributed by atoms with Gasteiger partial charge in [-0.05, 0) is 30.4 Å². The Labute approximate surface area is 149 Å². The Hall–Kier alpha value is -2.61. The predicted octanol–water partition coefficient (Wildman–Crippen LogP) is 3.44. The van der Waals surface area contributed by atoms with Crippen molar-refractivity contribution in [1.29, 1.82) is 0 Å². The predicted molar refractivity (Wildman–Crippen MR) is 96.1 cm³/mol. The molecule has 0 radical (unpaired) electrons. The number of nitro groups is 1. The summed E-state index contributed by atoms with van der Waals surface area (Å²) >= 11 is 1.66. The second kappa shape index (κ2) is 7.52. The fourth-order valence-corrected chi connectivity index (χ4v) is 3.94. The molecule has 0 saturated carbocycles. The van der Waals surface area contributed by atoms with Gasteiger partial charge in [0, 0.05) is 23.6 Å². The standard InChI is InChI=1S/C17H19N3O4S/c1-24-15-7-6-12(20(22)23)10-13(15)18-11-17(21)19-8-2-4-14(19)16-5-3-9-25-16/h3,5-7,9-10,14,18H,2,4,8,11H2,1H3/t14-/m1/s1. The van der Waals surface area contributed by atoms with E-state index in [9.17, 15) is 14.9 Å². The van der Waals surface area contributed by atoms with Gasteiger partial charge >= 0.3 is 0 Å². The minimum absolute atomic E-state index is 0.0236. The first-order chi connectivity index (χ1) is 12.1. The number of hydrogen-bond donors (Lipinski definition) is 1. The minimum Gasteiger partial charge on any atom is -0.495 e. The zero-order chi connectivity index (χ0) is 17.8. The van der Waals surface area contributed by atoms with Crippen molar-refractivity contribution in [2.75, 3.05) is 25.5 Å². The third-order valence-electron chi connectivity index (χ3n) is 4.27. The summed E-state index contributed by atoms with van der Waals surface area (Å²) in [6, 6.07) is 8.45. The summed E-state index contributed by atoms with van der Waals surface area (Å²) in [6.07, 6.45) is 1.95. The molecule has 1 aromatic heterocycles. The van der Waals surface area contributed by atoms with E-state index in [2.05, 4.69) is 11.4 Å². The van der Waals surface area contributed by atoms with Crippen LogP contribution in [0.3, 0.4) is 0 Å². The highest BCUT2D eigenvalue weighted by molar-refractivity contribution is 7.10. The first-order valence-corrected chi connectivity index (χ1v) is 8.87. The smallest absolute Gasteiger partial charge is 0.271 e. The third-order valence-corrected chi connectivity index (χ3v) is 5.24. The number of ether oxygens (including phenoxy) is 1. The molecular formula is C17H19N3O4S. The minimum atomic E-state index is -0.472. The molecule has 0 bridgehead atoms. The number of carbonyl (C=O) groups excluding carboxylic acids is 1. The van der Waals surface area contributed by atoms with Crippen LogP contribution in [0, 0.1) is 10.1 Å². The lowest BCUT2D eigenvalue weighted by Gasteiger charge is -2.24. The van der Waals surface area contributed by atoms with E-state index >= 15 is 0 Å². The SMILES string of the molecule is COc1ccc([N+](=O)[O-])cc1NCC(=O)N1CCC[C@@H]1c1cccs1. The number of carbonyl (C=O) groups is 1. The van der Waals surface area contributed by atoms with Gasteiger partial charge in [-0.25, -0.2) is 0 Å². The van der Waals surface area contributed by atoms with Crippen molar-refractivity contribution in [1.82, 2.24) is 4.90 Å². The van der Waals surface area contributed by atoms with E-state index in [-0.39, 0.29) is 24.2 Å². The molecule has 25 heavy (non-hydrogen) atoms. The molecule has 1 aliphatic heterocycles. The molecule has 1 atom stereocenters. The average molecular weight is 361 g/mol. The lowest BCUT2D eigenvalue weighted by Crippen LogP contribution is -2.34. The first kappa shape index (κ1) is 17.2. The van der Waals surface area contributed by atoms with Crippen LogP contribution in [0.4, 0.5) is 11.4 Å². The molecule has 1 saturated heterocycles. The number of rotatable bonds is 6. The van der Waals surface area contributed by atoms with Crippen molar-refractivity contribution >= 4 is 28.6 Å². The van der Waals surface area contributed by atoms with Crippen LogP contribution >= 0.6 is 11.3 Å². The van der Waals surface area contributed by atoms with Crippen molar-refractivity contribution in [3.8, 4) is 5.75 Å². The van der Waals surface area contributed by atoms with Crippen LogP contribution in [0.1, 0.15) is 23.8 Å². The van der Waals surface area contributed by atoms with Gasteiger partial charge in [0.25, 0.3) is 5.69 Å². The zero-order valence-electron chi connectivity index (χ0n) is 13.8. The summed E-state index contributed by atoms with van der Waals surface area (Å²) in [6.45, 7) is 0.800. The van der Waals surface area contributed by atoms with E-state index in [0.717, 1.165) is 19.4 Å². The maximum absolute atomic E-state index is 12.6. The Bertz CT molecular complexity index is 763. The Balaban J connectivity index is 1.70. The van der Waals surface area contributed by atoms with Gasteiger partial charge < -0.3 is 15.0 Å². The summed E-state index contributed by atoms with van der Waals surface area (Å²) in [7, 11) is 1.49. The highest BCUT2D eigenvalue weighted by atomic mass is 32.1. The van der Waals surface area contributed by atoms with Crippen LogP contribution in [-0.4, -0.2) is 35.9 Å². The topological polar surface area (TPSA) is 84.7 Å². The van der Waals surface area contributed by atoms with Crippen molar-refractivity contribution in [3.63, 3.8) is 0 Å². The number of nitro benzene ring substituents is 1. The number of benzene rings is 1. The van der Waals surface area contributed by atoms with E-state index in [0.29, 0.717) is 11.4 Å². The molecule has 0 unspecified atom stereocenters. The van der Waals surface area contributed by atoms with E-state index in [1.165, 1.54) is 30.2 Å². The van der Waals surface area contributed by atoms with Gasteiger partial charge in [0.2, 0.25) is 5.91 Å². The van der Waals surface area contributed by atoms with Crippen LogP contribution in [-0.2, 0) is 4.79 Å². The fourth-order valence-electron chi connectivity index (χ4n) is 3.06. The summed E-state index contributed by atoms with van der Waals surface area (Å²) in [4.78, 5) is 26.2. The van der Waals surface area contributed by atoms with Gasteiger partial charge in [0.1, 0.15) is 5.75 Å². The van der Waals surface area contributed by atoms with Gasteiger partial charge in [0.05, 0.1) is 30.3 Å². The number of nitrogens with one attached hydrogen (secondary N) is 1. The molecule has 1 fully saturated rings. The molecule has 2 heterocycles. The van der Waals surface area contributed by atoms with E-state index in [1.54, 1.807) is 11.3 Å². The van der Waals surface area contributed by atoms with Crippen molar-refractivity contribution in [3.05, 3.63) is 50.7 Å². The molecule has 1 amide bonds. The number of amides is 1. The summed E-state index contributed by atoms with van der Waals surface area (Å²) in [5, 5.41) is 15.9. The van der Waals surface area contributed by atoms with E-state index in [4.69, 9.17) is 4.74 Å². The van der Waals surface area contributed by atoms with Gasteiger partial charge in [0.15, 0.2) is 0 Å². The first-order valence-electron chi connectivity index (χ1n) is 7.99. The number of methoxy groups -OCH3 is 1. The Morgan fingerprint density at radius 1 is 1.48 bits per heavy atom. The van der Waals surface area contributed by atoms with E-state index in [1.807, 2.05) is 16.3 Å². The van der Waals surface area contributed by atoms with Crippen LogP contribution in [0.2, 0.25) is 0 Å².